The molecule has 0 saturated heterocycles. The average molecular weight is 407 g/mol. The van der Waals surface area contributed by atoms with Crippen LogP contribution in [0.2, 0.25) is 0 Å². The summed E-state index contributed by atoms with van der Waals surface area (Å²) < 4.78 is 15.1. The number of amides is 1. The van der Waals surface area contributed by atoms with Crippen molar-refractivity contribution in [3.8, 4) is 11.5 Å². The summed E-state index contributed by atoms with van der Waals surface area (Å²) in [6.07, 6.45) is 0.609. The fraction of sp³-hybridized carbons (Fsp3) is 0.333. The molecule has 10 heteroatoms. The Labute approximate surface area is 165 Å². The molecule has 1 amide bonds. The molecule has 1 aromatic carbocycles. The fourth-order valence-electron chi connectivity index (χ4n) is 2.31. The maximum atomic E-state index is 12.4. The number of hydrogen-bond donors (Lipinski definition) is 2. The number of benzene rings is 1. The molecule has 9 nitrogen and oxygen atoms in total. The number of thioether (sulfide) groups is 1. The van der Waals surface area contributed by atoms with Crippen LogP contribution >= 0.6 is 11.8 Å². The summed E-state index contributed by atoms with van der Waals surface area (Å²) in [5.41, 5.74) is 0.707. The minimum absolute atomic E-state index is 0.0228. The highest BCUT2D eigenvalue weighted by atomic mass is 32.2. The standard InChI is InChI=1S/C18H21N3O6S/c1-5-10-6-15(22)21-18(19-10)28-9-16(23)20-12-8-14(26-3)13(25-2)7-11(12)17(24)27-4/h6-8H,5,9H2,1-4H3,(H,20,23)(H,19,21,22). The van der Waals surface area contributed by atoms with Gasteiger partial charge < -0.3 is 24.5 Å². The lowest BCUT2D eigenvalue weighted by Gasteiger charge is -2.14. The van der Waals surface area contributed by atoms with Crippen LogP contribution in [0, 0.1) is 0 Å². The largest absolute Gasteiger partial charge is 0.493 e. The maximum absolute atomic E-state index is 12.4. The number of aromatic nitrogens is 2. The molecule has 1 aromatic heterocycles. The van der Waals surface area contributed by atoms with Crippen molar-refractivity contribution in [3.63, 3.8) is 0 Å². The molecule has 1 heterocycles. The number of aromatic amines is 1. The number of H-pyrrole nitrogens is 1. The van der Waals surface area contributed by atoms with Gasteiger partial charge >= 0.3 is 5.97 Å². The predicted octanol–water partition coefficient (Wildman–Crippen LogP) is 1.87. The van der Waals surface area contributed by atoms with Gasteiger partial charge in [-0.3, -0.25) is 9.59 Å². The summed E-state index contributed by atoms with van der Waals surface area (Å²) in [7, 11) is 4.12. The quantitative estimate of drug-likeness (QED) is 0.387. The molecular formula is C18H21N3O6S. The van der Waals surface area contributed by atoms with E-state index in [-0.39, 0.29) is 22.6 Å². The Hall–Kier alpha value is -3.01. The number of ether oxygens (including phenoxy) is 3. The van der Waals surface area contributed by atoms with Crippen molar-refractivity contribution in [3.05, 3.63) is 39.8 Å². The van der Waals surface area contributed by atoms with E-state index in [0.29, 0.717) is 28.8 Å². The van der Waals surface area contributed by atoms with Gasteiger partial charge in [-0.2, -0.15) is 0 Å². The first-order chi connectivity index (χ1) is 13.4. The molecule has 0 aliphatic carbocycles. The summed E-state index contributed by atoms with van der Waals surface area (Å²) in [5, 5.41) is 3.00. The highest BCUT2D eigenvalue weighted by Gasteiger charge is 2.19. The SMILES string of the molecule is CCc1cc(=O)[nH]c(SCC(=O)Nc2cc(OC)c(OC)cc2C(=O)OC)n1. The van der Waals surface area contributed by atoms with Crippen LogP contribution in [0.3, 0.4) is 0 Å². The van der Waals surface area contributed by atoms with E-state index < -0.39 is 11.9 Å². The van der Waals surface area contributed by atoms with Crippen molar-refractivity contribution in [2.75, 3.05) is 32.4 Å². The third-order valence-corrected chi connectivity index (χ3v) is 4.55. The first-order valence-corrected chi connectivity index (χ1v) is 9.27. The van der Waals surface area contributed by atoms with E-state index in [2.05, 4.69) is 15.3 Å². The summed E-state index contributed by atoms with van der Waals surface area (Å²) in [5.74, 6) is -0.379. The number of carbonyl (C=O) groups excluding carboxylic acids is 2. The molecule has 0 spiro atoms. The molecule has 0 bridgehead atoms. The maximum Gasteiger partial charge on any atom is 0.340 e. The predicted molar refractivity (Wildman–Crippen MR) is 104 cm³/mol. The molecule has 2 N–H and O–H groups in total. The number of nitrogens with one attached hydrogen (secondary N) is 2. The van der Waals surface area contributed by atoms with Crippen LogP contribution in [0.15, 0.2) is 28.2 Å². The van der Waals surface area contributed by atoms with Crippen LogP contribution in [-0.4, -0.2) is 48.9 Å². The van der Waals surface area contributed by atoms with E-state index in [1.54, 1.807) is 0 Å². The van der Waals surface area contributed by atoms with Gasteiger partial charge in [-0.1, -0.05) is 18.7 Å². The zero-order valence-electron chi connectivity index (χ0n) is 16.0. The van der Waals surface area contributed by atoms with Crippen LogP contribution < -0.4 is 20.3 Å². The Morgan fingerprint density at radius 1 is 1.14 bits per heavy atom. The van der Waals surface area contributed by atoms with Crippen molar-refractivity contribution in [1.29, 1.82) is 0 Å². The highest BCUT2D eigenvalue weighted by Crippen LogP contribution is 2.33. The number of anilines is 1. The Bertz CT molecular complexity index is 928. The van der Waals surface area contributed by atoms with E-state index in [9.17, 15) is 14.4 Å². The number of methoxy groups -OCH3 is 3. The average Bonchev–Trinajstić information content (AvgIpc) is 2.70. The Morgan fingerprint density at radius 3 is 2.43 bits per heavy atom. The number of nitrogens with zero attached hydrogens (tertiary/aromatic N) is 1. The van der Waals surface area contributed by atoms with E-state index in [1.165, 1.54) is 39.5 Å². The highest BCUT2D eigenvalue weighted by molar-refractivity contribution is 7.99. The van der Waals surface area contributed by atoms with Crippen LogP contribution in [0.1, 0.15) is 23.0 Å². The first kappa shape index (κ1) is 21.3. The second kappa shape index (κ2) is 9.79. The van der Waals surface area contributed by atoms with Gasteiger partial charge in [-0.15, -0.1) is 0 Å². The smallest absolute Gasteiger partial charge is 0.340 e. The molecule has 0 aliphatic heterocycles. The monoisotopic (exact) mass is 407 g/mol. The minimum Gasteiger partial charge on any atom is -0.493 e. The zero-order valence-corrected chi connectivity index (χ0v) is 16.8. The summed E-state index contributed by atoms with van der Waals surface area (Å²) in [4.78, 5) is 42.9. The van der Waals surface area contributed by atoms with Gasteiger partial charge in [0, 0.05) is 23.9 Å². The second-order valence-corrected chi connectivity index (χ2v) is 6.44. The van der Waals surface area contributed by atoms with Crippen molar-refractivity contribution in [1.82, 2.24) is 9.97 Å². The van der Waals surface area contributed by atoms with E-state index in [0.717, 1.165) is 11.8 Å². The van der Waals surface area contributed by atoms with Crippen molar-refractivity contribution in [2.45, 2.75) is 18.5 Å². The minimum atomic E-state index is -0.634. The van der Waals surface area contributed by atoms with Gasteiger partial charge in [0.05, 0.1) is 38.3 Å². The number of aryl methyl sites for hydroxylation is 1. The topological polar surface area (TPSA) is 120 Å². The molecular weight excluding hydrogens is 386 g/mol. The van der Waals surface area contributed by atoms with Gasteiger partial charge in [0.1, 0.15) is 0 Å². The van der Waals surface area contributed by atoms with Gasteiger partial charge in [-0.25, -0.2) is 9.78 Å². The number of rotatable bonds is 8. The Balaban J connectivity index is 2.19. The van der Waals surface area contributed by atoms with Crippen molar-refractivity contribution < 1.29 is 23.8 Å². The van der Waals surface area contributed by atoms with Gasteiger partial charge in [0.2, 0.25) is 5.91 Å². The third-order valence-electron chi connectivity index (χ3n) is 3.68. The molecule has 0 saturated carbocycles. The molecule has 2 aromatic rings. The van der Waals surface area contributed by atoms with Crippen LogP contribution in [0.25, 0.3) is 0 Å². The molecule has 0 aliphatic rings. The van der Waals surface area contributed by atoms with E-state index >= 15 is 0 Å². The lowest BCUT2D eigenvalue weighted by Crippen LogP contribution is -2.18. The van der Waals surface area contributed by atoms with Crippen LogP contribution in [0.5, 0.6) is 11.5 Å². The Kier molecular flexibility index (Phi) is 7.44. The van der Waals surface area contributed by atoms with Crippen LogP contribution in [0.4, 0.5) is 5.69 Å². The number of esters is 1. The van der Waals surface area contributed by atoms with Crippen LogP contribution in [-0.2, 0) is 16.0 Å². The Morgan fingerprint density at radius 2 is 1.82 bits per heavy atom. The van der Waals surface area contributed by atoms with Gasteiger partial charge in [0.15, 0.2) is 16.7 Å². The third kappa shape index (κ3) is 5.26. The van der Waals surface area contributed by atoms with Crippen molar-refractivity contribution >= 4 is 29.3 Å². The first-order valence-electron chi connectivity index (χ1n) is 8.29. The van der Waals surface area contributed by atoms with Gasteiger partial charge in [-0.05, 0) is 6.42 Å². The molecule has 150 valence electrons. The summed E-state index contributed by atoms with van der Waals surface area (Å²) >= 11 is 1.08. The normalized spacial score (nSPS) is 10.3. The molecule has 0 unspecified atom stereocenters. The zero-order chi connectivity index (χ0) is 20.7. The molecule has 0 radical (unpaired) electrons. The molecule has 0 atom stereocenters. The second-order valence-electron chi connectivity index (χ2n) is 5.48. The summed E-state index contributed by atoms with van der Waals surface area (Å²) in [6.45, 7) is 1.88. The number of carbonyl (C=O) groups is 2. The van der Waals surface area contributed by atoms with E-state index in [4.69, 9.17) is 14.2 Å². The molecule has 0 fully saturated rings. The lowest BCUT2D eigenvalue weighted by molar-refractivity contribution is -0.113. The molecule has 28 heavy (non-hydrogen) atoms. The van der Waals surface area contributed by atoms with E-state index in [1.807, 2.05) is 6.92 Å². The van der Waals surface area contributed by atoms with Crippen molar-refractivity contribution in [2.24, 2.45) is 0 Å². The molecule has 2 rings (SSSR count). The van der Waals surface area contributed by atoms with Gasteiger partial charge in [0.25, 0.3) is 5.56 Å². The number of hydrogen-bond acceptors (Lipinski definition) is 8. The fourth-order valence-corrected chi connectivity index (χ4v) is 3.01. The lowest BCUT2D eigenvalue weighted by atomic mass is 10.1. The summed E-state index contributed by atoms with van der Waals surface area (Å²) in [6, 6.07) is 4.32.